The quantitative estimate of drug-likeness (QED) is 0.758. The lowest BCUT2D eigenvalue weighted by Crippen LogP contribution is -2.14. The molecule has 0 fully saturated rings. The van der Waals surface area contributed by atoms with E-state index in [1.165, 1.54) is 26.7 Å². The van der Waals surface area contributed by atoms with Crippen LogP contribution in [0.25, 0.3) is 0 Å². The molecule has 0 saturated heterocycles. The second-order valence-corrected chi connectivity index (χ2v) is 5.55. The largest absolute Gasteiger partial charge is 0.497 e. The van der Waals surface area contributed by atoms with Crippen LogP contribution in [0.4, 0.5) is 11.4 Å². The Kier molecular flexibility index (Phi) is 2.71. The normalized spacial score (nSPS) is 12.9. The summed E-state index contributed by atoms with van der Waals surface area (Å²) in [6.07, 6.45) is 0. The Balaban J connectivity index is 2.12. The van der Waals surface area contributed by atoms with Gasteiger partial charge in [0, 0.05) is 16.8 Å². The SMILES string of the molecule is COc1ccc2c(c1)Sc1ccc(C)cc1N2C. The molecular weight excluding hydrogens is 242 g/mol. The van der Waals surface area contributed by atoms with Gasteiger partial charge in [-0.3, -0.25) is 0 Å². The highest BCUT2D eigenvalue weighted by atomic mass is 32.2. The third kappa shape index (κ3) is 1.75. The number of methoxy groups -OCH3 is 1. The molecule has 3 rings (SSSR count). The van der Waals surface area contributed by atoms with Crippen molar-refractivity contribution in [3.05, 3.63) is 42.0 Å². The molecule has 0 unspecified atom stereocenters. The van der Waals surface area contributed by atoms with Crippen molar-refractivity contribution in [3.63, 3.8) is 0 Å². The molecule has 3 heteroatoms. The molecule has 92 valence electrons. The second-order valence-electron chi connectivity index (χ2n) is 4.47. The Labute approximate surface area is 112 Å². The summed E-state index contributed by atoms with van der Waals surface area (Å²) >= 11 is 1.80. The lowest BCUT2D eigenvalue weighted by atomic mass is 10.2. The molecule has 0 aliphatic carbocycles. The lowest BCUT2D eigenvalue weighted by molar-refractivity contribution is 0.413. The topological polar surface area (TPSA) is 12.5 Å². The highest BCUT2D eigenvalue weighted by Gasteiger charge is 2.20. The highest BCUT2D eigenvalue weighted by Crippen LogP contribution is 2.48. The van der Waals surface area contributed by atoms with Crippen molar-refractivity contribution in [1.82, 2.24) is 0 Å². The van der Waals surface area contributed by atoms with E-state index in [1.807, 2.05) is 6.07 Å². The Morgan fingerprint density at radius 1 is 1.00 bits per heavy atom. The van der Waals surface area contributed by atoms with Gasteiger partial charge in [-0.2, -0.15) is 0 Å². The molecule has 0 amide bonds. The highest BCUT2D eigenvalue weighted by molar-refractivity contribution is 7.99. The van der Waals surface area contributed by atoms with Gasteiger partial charge in [0.15, 0.2) is 0 Å². The average Bonchev–Trinajstić information content (AvgIpc) is 2.39. The van der Waals surface area contributed by atoms with Gasteiger partial charge in [0.05, 0.1) is 18.5 Å². The Morgan fingerprint density at radius 3 is 2.61 bits per heavy atom. The first-order chi connectivity index (χ1) is 8.69. The van der Waals surface area contributed by atoms with Crippen LogP contribution in [-0.2, 0) is 0 Å². The lowest BCUT2D eigenvalue weighted by Gasteiger charge is -2.29. The number of fused-ring (bicyclic) bond motifs is 2. The van der Waals surface area contributed by atoms with Crippen LogP contribution in [0.3, 0.4) is 0 Å². The van der Waals surface area contributed by atoms with Crippen molar-refractivity contribution < 1.29 is 4.74 Å². The van der Waals surface area contributed by atoms with Gasteiger partial charge in [0.2, 0.25) is 0 Å². The maximum Gasteiger partial charge on any atom is 0.120 e. The molecule has 0 saturated carbocycles. The zero-order valence-corrected chi connectivity index (χ0v) is 11.5. The molecule has 2 nitrogen and oxygen atoms in total. The fourth-order valence-electron chi connectivity index (χ4n) is 2.20. The van der Waals surface area contributed by atoms with Crippen LogP contribution in [0.15, 0.2) is 46.2 Å². The molecule has 0 atom stereocenters. The smallest absolute Gasteiger partial charge is 0.120 e. The van der Waals surface area contributed by atoms with Crippen molar-refractivity contribution in [2.75, 3.05) is 19.1 Å². The van der Waals surface area contributed by atoms with Crippen LogP contribution in [0.5, 0.6) is 5.75 Å². The van der Waals surface area contributed by atoms with Gasteiger partial charge in [0.1, 0.15) is 5.75 Å². The van der Waals surface area contributed by atoms with E-state index in [0.29, 0.717) is 0 Å². The van der Waals surface area contributed by atoms with Crippen LogP contribution in [0.1, 0.15) is 5.56 Å². The molecule has 1 aliphatic rings. The minimum absolute atomic E-state index is 0.908. The predicted molar refractivity (Wildman–Crippen MR) is 76.4 cm³/mol. The summed E-state index contributed by atoms with van der Waals surface area (Å²) in [6.45, 7) is 2.13. The third-order valence-corrected chi connectivity index (χ3v) is 4.34. The monoisotopic (exact) mass is 257 g/mol. The van der Waals surface area contributed by atoms with Gasteiger partial charge in [-0.25, -0.2) is 0 Å². The summed E-state index contributed by atoms with van der Waals surface area (Å²) in [5.74, 6) is 0.908. The Hall–Kier alpha value is -1.61. The van der Waals surface area contributed by atoms with Gasteiger partial charge >= 0.3 is 0 Å². The zero-order chi connectivity index (χ0) is 12.7. The number of anilines is 2. The Morgan fingerprint density at radius 2 is 1.83 bits per heavy atom. The fraction of sp³-hybridized carbons (Fsp3) is 0.200. The van der Waals surface area contributed by atoms with Crippen LogP contribution in [0, 0.1) is 6.92 Å². The van der Waals surface area contributed by atoms with Crippen molar-refractivity contribution in [3.8, 4) is 5.75 Å². The summed E-state index contributed by atoms with van der Waals surface area (Å²) in [5, 5.41) is 0. The Bertz CT molecular complexity index is 609. The number of benzene rings is 2. The summed E-state index contributed by atoms with van der Waals surface area (Å²) in [4.78, 5) is 4.78. The summed E-state index contributed by atoms with van der Waals surface area (Å²) in [6, 6.07) is 12.8. The molecule has 1 heterocycles. The van der Waals surface area contributed by atoms with Gasteiger partial charge in [-0.15, -0.1) is 0 Å². The number of rotatable bonds is 1. The van der Waals surface area contributed by atoms with Gasteiger partial charge in [0.25, 0.3) is 0 Å². The molecule has 0 aromatic heterocycles. The molecule has 0 bridgehead atoms. The first kappa shape index (κ1) is 11.5. The molecular formula is C15H15NOS. The first-order valence-electron chi connectivity index (χ1n) is 5.89. The molecule has 0 spiro atoms. The fourth-order valence-corrected chi connectivity index (χ4v) is 3.36. The van der Waals surface area contributed by atoms with Crippen molar-refractivity contribution in [1.29, 1.82) is 0 Å². The first-order valence-corrected chi connectivity index (χ1v) is 6.71. The number of hydrogen-bond acceptors (Lipinski definition) is 3. The van der Waals surface area contributed by atoms with E-state index in [4.69, 9.17) is 4.74 Å². The van der Waals surface area contributed by atoms with E-state index in [2.05, 4.69) is 49.2 Å². The van der Waals surface area contributed by atoms with Gasteiger partial charge < -0.3 is 9.64 Å². The summed E-state index contributed by atoms with van der Waals surface area (Å²) in [5.41, 5.74) is 3.80. The number of aryl methyl sites for hydroxylation is 1. The van der Waals surface area contributed by atoms with E-state index >= 15 is 0 Å². The molecule has 0 radical (unpaired) electrons. The molecule has 2 aromatic carbocycles. The van der Waals surface area contributed by atoms with E-state index in [0.717, 1.165) is 5.75 Å². The zero-order valence-electron chi connectivity index (χ0n) is 10.7. The number of nitrogens with zero attached hydrogens (tertiary/aromatic N) is 1. The average molecular weight is 257 g/mol. The van der Waals surface area contributed by atoms with E-state index in [9.17, 15) is 0 Å². The minimum atomic E-state index is 0.908. The standard InChI is InChI=1S/C15H15NOS/c1-10-4-7-14-13(8-10)16(2)12-6-5-11(17-3)9-15(12)18-14/h4-9H,1-3H3. The molecule has 1 aliphatic heterocycles. The van der Waals surface area contributed by atoms with Crippen LogP contribution in [0.2, 0.25) is 0 Å². The maximum absolute atomic E-state index is 5.29. The number of hydrogen-bond donors (Lipinski definition) is 0. The van der Waals surface area contributed by atoms with E-state index in [1.54, 1.807) is 18.9 Å². The van der Waals surface area contributed by atoms with Crippen molar-refractivity contribution >= 4 is 23.1 Å². The van der Waals surface area contributed by atoms with E-state index < -0.39 is 0 Å². The predicted octanol–water partition coefficient (Wildman–Crippen LogP) is 4.24. The van der Waals surface area contributed by atoms with Crippen LogP contribution < -0.4 is 9.64 Å². The maximum atomic E-state index is 5.29. The van der Waals surface area contributed by atoms with Crippen molar-refractivity contribution in [2.45, 2.75) is 16.7 Å². The van der Waals surface area contributed by atoms with E-state index in [-0.39, 0.29) is 0 Å². The summed E-state index contributed by atoms with van der Waals surface area (Å²) < 4.78 is 5.29. The van der Waals surface area contributed by atoms with Gasteiger partial charge in [-0.05, 0) is 42.8 Å². The van der Waals surface area contributed by atoms with Crippen LogP contribution >= 0.6 is 11.8 Å². The van der Waals surface area contributed by atoms with Crippen LogP contribution in [-0.4, -0.2) is 14.2 Å². The number of ether oxygens (including phenoxy) is 1. The molecule has 18 heavy (non-hydrogen) atoms. The third-order valence-electron chi connectivity index (χ3n) is 3.22. The summed E-state index contributed by atoms with van der Waals surface area (Å²) in [7, 11) is 3.82. The van der Waals surface area contributed by atoms with Crippen molar-refractivity contribution in [2.24, 2.45) is 0 Å². The minimum Gasteiger partial charge on any atom is -0.497 e. The molecule has 2 aromatic rings. The second kappa shape index (κ2) is 4.25. The van der Waals surface area contributed by atoms with Gasteiger partial charge in [-0.1, -0.05) is 17.8 Å². The molecule has 0 N–H and O–H groups in total.